The van der Waals surface area contributed by atoms with Gasteiger partial charge >= 0.3 is 0 Å². The van der Waals surface area contributed by atoms with E-state index in [-0.39, 0.29) is 10.8 Å². The van der Waals surface area contributed by atoms with E-state index in [0.29, 0.717) is 24.3 Å². The lowest BCUT2D eigenvalue weighted by molar-refractivity contribution is 0.102. The summed E-state index contributed by atoms with van der Waals surface area (Å²) in [6.07, 6.45) is 0. The van der Waals surface area contributed by atoms with Crippen molar-refractivity contribution in [2.24, 2.45) is 0 Å². The Hall–Kier alpha value is -2.74. The van der Waals surface area contributed by atoms with Crippen LogP contribution >= 0.6 is 0 Å². The molecule has 1 aliphatic heterocycles. The van der Waals surface area contributed by atoms with E-state index in [4.69, 9.17) is 0 Å². The van der Waals surface area contributed by atoms with Crippen molar-refractivity contribution in [3.05, 3.63) is 72.3 Å². The summed E-state index contributed by atoms with van der Waals surface area (Å²) in [5.74, 6) is -0.231. The number of piperazine rings is 1. The van der Waals surface area contributed by atoms with Crippen molar-refractivity contribution in [3.63, 3.8) is 0 Å². The molecule has 4 rings (SSSR count). The van der Waals surface area contributed by atoms with E-state index in [1.807, 2.05) is 43.4 Å². The van der Waals surface area contributed by atoms with Crippen LogP contribution in [0.5, 0.6) is 0 Å². The molecule has 0 spiro atoms. The van der Waals surface area contributed by atoms with Crippen molar-refractivity contribution in [1.82, 2.24) is 9.21 Å². The molecule has 0 aliphatic carbocycles. The van der Waals surface area contributed by atoms with E-state index in [0.717, 1.165) is 23.9 Å². The molecule has 0 radical (unpaired) electrons. The van der Waals surface area contributed by atoms with Gasteiger partial charge in [-0.05, 0) is 54.2 Å². The number of rotatable bonds is 4. The second-order valence-electron chi connectivity index (χ2n) is 7.25. The summed E-state index contributed by atoms with van der Waals surface area (Å²) in [7, 11) is -1.53. The molecule has 0 atom stereocenters. The minimum absolute atomic E-state index is 0.231. The number of benzene rings is 3. The van der Waals surface area contributed by atoms with Crippen LogP contribution in [0, 0.1) is 0 Å². The van der Waals surface area contributed by atoms with Crippen LogP contribution in [0.4, 0.5) is 5.69 Å². The number of hydrogen-bond acceptors (Lipinski definition) is 4. The van der Waals surface area contributed by atoms with E-state index in [9.17, 15) is 13.2 Å². The summed E-state index contributed by atoms with van der Waals surface area (Å²) >= 11 is 0. The lowest BCUT2D eigenvalue weighted by Gasteiger charge is -2.31. The Morgan fingerprint density at radius 1 is 0.862 bits per heavy atom. The molecular formula is C22H23N3O3S. The molecule has 3 aromatic rings. The fourth-order valence-corrected chi connectivity index (χ4v) is 4.84. The van der Waals surface area contributed by atoms with Crippen LogP contribution in [0.1, 0.15) is 10.4 Å². The fraction of sp³-hybridized carbons (Fsp3) is 0.227. The lowest BCUT2D eigenvalue weighted by Crippen LogP contribution is -2.46. The van der Waals surface area contributed by atoms with Gasteiger partial charge in [0.05, 0.1) is 4.90 Å². The first-order chi connectivity index (χ1) is 13.9. The second-order valence-corrected chi connectivity index (χ2v) is 9.19. The number of anilines is 1. The molecule has 1 amide bonds. The minimum atomic E-state index is -3.51. The van der Waals surface area contributed by atoms with E-state index >= 15 is 0 Å². The van der Waals surface area contributed by atoms with Crippen LogP contribution in [0.3, 0.4) is 0 Å². The maximum Gasteiger partial charge on any atom is 0.255 e. The van der Waals surface area contributed by atoms with Gasteiger partial charge in [-0.25, -0.2) is 8.42 Å². The van der Waals surface area contributed by atoms with Gasteiger partial charge in [-0.2, -0.15) is 4.31 Å². The number of hydrogen-bond donors (Lipinski definition) is 1. The number of carbonyl (C=O) groups excluding carboxylic acids is 1. The highest BCUT2D eigenvalue weighted by molar-refractivity contribution is 7.89. The smallest absolute Gasteiger partial charge is 0.255 e. The van der Waals surface area contributed by atoms with Crippen LogP contribution in [-0.4, -0.2) is 56.8 Å². The lowest BCUT2D eigenvalue weighted by atomic mass is 10.1. The van der Waals surface area contributed by atoms with Crippen molar-refractivity contribution >= 4 is 32.4 Å². The third-order valence-corrected chi connectivity index (χ3v) is 7.14. The molecular weight excluding hydrogens is 386 g/mol. The highest BCUT2D eigenvalue weighted by atomic mass is 32.2. The summed E-state index contributed by atoms with van der Waals surface area (Å²) in [4.78, 5) is 14.9. The first-order valence-corrected chi connectivity index (χ1v) is 11.0. The number of likely N-dealkylation sites (N-methyl/N-ethyl adjacent to an activating group) is 1. The van der Waals surface area contributed by atoms with Crippen LogP contribution in [0.25, 0.3) is 10.8 Å². The summed E-state index contributed by atoms with van der Waals surface area (Å²) in [5, 5.41) is 4.90. The van der Waals surface area contributed by atoms with E-state index in [1.54, 1.807) is 30.3 Å². The van der Waals surface area contributed by atoms with Crippen LogP contribution < -0.4 is 5.32 Å². The molecule has 0 bridgehead atoms. The van der Waals surface area contributed by atoms with Gasteiger partial charge in [0.25, 0.3) is 5.91 Å². The van der Waals surface area contributed by atoms with E-state index in [2.05, 4.69) is 10.2 Å². The molecule has 150 valence electrons. The predicted octanol–water partition coefficient (Wildman–Crippen LogP) is 3.03. The van der Waals surface area contributed by atoms with Crippen molar-refractivity contribution in [1.29, 1.82) is 0 Å². The van der Waals surface area contributed by atoms with Crippen LogP contribution in [0.2, 0.25) is 0 Å². The third kappa shape index (κ3) is 4.17. The molecule has 3 aromatic carbocycles. The largest absolute Gasteiger partial charge is 0.322 e. The van der Waals surface area contributed by atoms with Crippen LogP contribution in [-0.2, 0) is 10.0 Å². The molecule has 1 heterocycles. The van der Waals surface area contributed by atoms with Gasteiger partial charge in [-0.15, -0.1) is 0 Å². The molecule has 7 heteroatoms. The number of nitrogens with zero attached hydrogens (tertiary/aromatic N) is 2. The number of fused-ring (bicyclic) bond motifs is 1. The number of nitrogens with one attached hydrogen (secondary N) is 1. The van der Waals surface area contributed by atoms with Gasteiger partial charge in [0, 0.05) is 37.4 Å². The molecule has 6 nitrogen and oxygen atoms in total. The maximum absolute atomic E-state index is 12.8. The SMILES string of the molecule is CN1CCN(S(=O)(=O)c2ccc(NC(=O)c3ccc4ccccc4c3)cc2)CC1. The van der Waals surface area contributed by atoms with Gasteiger partial charge in [0.15, 0.2) is 0 Å². The Kier molecular flexibility index (Phi) is 5.36. The number of carbonyl (C=O) groups is 1. The van der Waals surface area contributed by atoms with Gasteiger partial charge in [0.2, 0.25) is 10.0 Å². The average molecular weight is 410 g/mol. The Morgan fingerprint density at radius 3 is 2.21 bits per heavy atom. The standard InChI is InChI=1S/C22H23N3O3S/c1-24-12-14-25(15-13-24)29(27,28)21-10-8-20(9-11-21)23-22(26)19-7-6-17-4-2-3-5-18(17)16-19/h2-11,16H,12-15H2,1H3,(H,23,26). The highest BCUT2D eigenvalue weighted by Gasteiger charge is 2.27. The first kappa shape index (κ1) is 19.6. The fourth-order valence-electron chi connectivity index (χ4n) is 3.42. The number of sulfonamides is 1. The van der Waals surface area contributed by atoms with Crippen molar-refractivity contribution in [2.75, 3.05) is 38.5 Å². The van der Waals surface area contributed by atoms with Crippen molar-refractivity contribution < 1.29 is 13.2 Å². The molecule has 0 saturated carbocycles. The molecule has 1 aliphatic rings. The zero-order valence-corrected chi connectivity index (χ0v) is 17.0. The molecule has 1 fully saturated rings. The summed E-state index contributed by atoms with van der Waals surface area (Å²) < 4.78 is 27.1. The normalized spacial score (nSPS) is 16.0. The Balaban J connectivity index is 1.48. The molecule has 1 N–H and O–H groups in total. The van der Waals surface area contributed by atoms with E-state index in [1.165, 1.54) is 4.31 Å². The van der Waals surface area contributed by atoms with Gasteiger partial charge in [-0.3, -0.25) is 4.79 Å². The summed E-state index contributed by atoms with van der Waals surface area (Å²) in [6, 6.07) is 19.7. The van der Waals surface area contributed by atoms with Gasteiger partial charge < -0.3 is 10.2 Å². The van der Waals surface area contributed by atoms with Crippen LogP contribution in [0.15, 0.2) is 71.6 Å². The molecule has 29 heavy (non-hydrogen) atoms. The monoisotopic (exact) mass is 409 g/mol. The number of amides is 1. The Morgan fingerprint density at radius 2 is 1.52 bits per heavy atom. The Labute approximate surface area is 170 Å². The second kappa shape index (κ2) is 7.94. The summed E-state index contributed by atoms with van der Waals surface area (Å²) in [5.41, 5.74) is 1.11. The van der Waals surface area contributed by atoms with Crippen molar-refractivity contribution in [2.45, 2.75) is 4.90 Å². The first-order valence-electron chi connectivity index (χ1n) is 9.52. The minimum Gasteiger partial charge on any atom is -0.322 e. The zero-order valence-electron chi connectivity index (χ0n) is 16.2. The van der Waals surface area contributed by atoms with Crippen molar-refractivity contribution in [3.8, 4) is 0 Å². The van der Waals surface area contributed by atoms with Gasteiger partial charge in [-0.1, -0.05) is 30.3 Å². The zero-order chi connectivity index (χ0) is 20.4. The van der Waals surface area contributed by atoms with E-state index < -0.39 is 10.0 Å². The molecule has 0 unspecified atom stereocenters. The Bertz CT molecular complexity index is 1140. The third-order valence-electron chi connectivity index (χ3n) is 5.22. The predicted molar refractivity (Wildman–Crippen MR) is 115 cm³/mol. The highest BCUT2D eigenvalue weighted by Crippen LogP contribution is 2.21. The maximum atomic E-state index is 12.8. The van der Waals surface area contributed by atoms with Gasteiger partial charge in [0.1, 0.15) is 0 Å². The molecule has 1 saturated heterocycles. The molecule has 0 aromatic heterocycles. The quantitative estimate of drug-likeness (QED) is 0.719. The average Bonchev–Trinajstić information content (AvgIpc) is 2.74. The topological polar surface area (TPSA) is 69.7 Å². The summed E-state index contributed by atoms with van der Waals surface area (Å²) in [6.45, 7) is 2.41.